The Kier molecular flexibility index (Phi) is 4.67. The maximum Gasteiger partial charge on any atom is 0.0358 e. The van der Waals surface area contributed by atoms with Crippen molar-refractivity contribution in [2.75, 3.05) is 0 Å². The van der Waals surface area contributed by atoms with Crippen molar-refractivity contribution in [2.24, 2.45) is 0 Å². The first-order chi connectivity index (χ1) is 6.04. The SMILES string of the molecule is C=CC/C(C(C)=N)=C(\C=C)C(C)=N. The van der Waals surface area contributed by atoms with Gasteiger partial charge in [0.05, 0.1) is 0 Å². The minimum atomic E-state index is 0.443. The Balaban J connectivity index is 5.23. The van der Waals surface area contributed by atoms with Crippen LogP contribution >= 0.6 is 0 Å². The molecule has 2 N–H and O–H groups in total. The molecular formula is C11H16N2. The smallest absolute Gasteiger partial charge is 0.0358 e. The highest BCUT2D eigenvalue weighted by Crippen LogP contribution is 2.13. The highest BCUT2D eigenvalue weighted by atomic mass is 14.4. The number of hydrogen-bond donors (Lipinski definition) is 2. The predicted molar refractivity (Wildman–Crippen MR) is 58.8 cm³/mol. The highest BCUT2D eigenvalue weighted by molar-refractivity contribution is 6.08. The first-order valence-corrected chi connectivity index (χ1v) is 4.12. The Bertz CT molecular complexity index is 282. The molecule has 0 rings (SSSR count). The summed E-state index contributed by atoms with van der Waals surface area (Å²) in [6, 6.07) is 0. The summed E-state index contributed by atoms with van der Waals surface area (Å²) in [5, 5.41) is 15.0. The fourth-order valence-corrected chi connectivity index (χ4v) is 1.11. The Hall–Kier alpha value is -1.44. The lowest BCUT2D eigenvalue weighted by molar-refractivity contribution is 1.26. The fourth-order valence-electron chi connectivity index (χ4n) is 1.11. The molecule has 0 heterocycles. The van der Waals surface area contributed by atoms with Crippen LogP contribution in [0.15, 0.2) is 36.5 Å². The molecule has 0 aliphatic rings. The van der Waals surface area contributed by atoms with Crippen LogP contribution in [-0.2, 0) is 0 Å². The number of allylic oxidation sites excluding steroid dienone is 4. The van der Waals surface area contributed by atoms with Crippen LogP contribution in [0.3, 0.4) is 0 Å². The summed E-state index contributed by atoms with van der Waals surface area (Å²) in [5.74, 6) is 0. The third-order valence-corrected chi connectivity index (χ3v) is 1.73. The number of hydrogen-bond acceptors (Lipinski definition) is 2. The van der Waals surface area contributed by atoms with Crippen molar-refractivity contribution >= 4 is 11.4 Å². The summed E-state index contributed by atoms with van der Waals surface area (Å²) >= 11 is 0. The molecule has 70 valence electrons. The van der Waals surface area contributed by atoms with E-state index in [0.29, 0.717) is 17.8 Å². The number of rotatable bonds is 5. The van der Waals surface area contributed by atoms with Crippen LogP contribution in [0.2, 0.25) is 0 Å². The molecule has 0 aromatic carbocycles. The van der Waals surface area contributed by atoms with E-state index >= 15 is 0 Å². The van der Waals surface area contributed by atoms with Crippen molar-refractivity contribution in [3.63, 3.8) is 0 Å². The van der Waals surface area contributed by atoms with Crippen molar-refractivity contribution in [1.29, 1.82) is 10.8 Å². The molecular weight excluding hydrogens is 160 g/mol. The van der Waals surface area contributed by atoms with E-state index in [0.717, 1.165) is 11.1 Å². The molecule has 0 aromatic heterocycles. The summed E-state index contributed by atoms with van der Waals surface area (Å²) in [5.41, 5.74) is 2.49. The van der Waals surface area contributed by atoms with Crippen LogP contribution in [-0.4, -0.2) is 11.4 Å². The first-order valence-electron chi connectivity index (χ1n) is 4.12. The van der Waals surface area contributed by atoms with Crippen molar-refractivity contribution in [3.05, 3.63) is 36.5 Å². The molecule has 0 aliphatic heterocycles. The summed E-state index contributed by atoms with van der Waals surface area (Å²) in [4.78, 5) is 0. The van der Waals surface area contributed by atoms with Gasteiger partial charge in [-0.15, -0.1) is 6.58 Å². The van der Waals surface area contributed by atoms with E-state index in [-0.39, 0.29) is 0 Å². The normalized spacial score (nSPS) is 11.5. The van der Waals surface area contributed by atoms with Gasteiger partial charge >= 0.3 is 0 Å². The molecule has 13 heavy (non-hydrogen) atoms. The largest absolute Gasteiger partial charge is 0.305 e. The molecule has 0 radical (unpaired) electrons. The van der Waals surface area contributed by atoms with Crippen LogP contribution in [0, 0.1) is 10.8 Å². The molecule has 0 bridgehead atoms. The maximum absolute atomic E-state index is 7.53. The van der Waals surface area contributed by atoms with Crippen LogP contribution in [0.1, 0.15) is 20.3 Å². The Morgan fingerprint density at radius 3 is 1.92 bits per heavy atom. The van der Waals surface area contributed by atoms with Gasteiger partial charge in [0, 0.05) is 11.4 Å². The van der Waals surface area contributed by atoms with Gasteiger partial charge in [-0.25, -0.2) is 0 Å². The van der Waals surface area contributed by atoms with Gasteiger partial charge in [-0.3, -0.25) is 0 Å². The highest BCUT2D eigenvalue weighted by Gasteiger charge is 2.06. The molecule has 0 fully saturated rings. The lowest BCUT2D eigenvalue weighted by Gasteiger charge is -2.08. The van der Waals surface area contributed by atoms with E-state index in [1.807, 2.05) is 0 Å². The molecule has 0 aromatic rings. The topological polar surface area (TPSA) is 47.7 Å². The van der Waals surface area contributed by atoms with Gasteiger partial charge in [-0.2, -0.15) is 0 Å². The quantitative estimate of drug-likeness (QED) is 0.367. The average Bonchev–Trinajstić information content (AvgIpc) is 2.03. The summed E-state index contributed by atoms with van der Waals surface area (Å²) < 4.78 is 0. The van der Waals surface area contributed by atoms with E-state index in [1.54, 1.807) is 26.0 Å². The van der Waals surface area contributed by atoms with E-state index in [9.17, 15) is 0 Å². The Morgan fingerprint density at radius 1 is 1.15 bits per heavy atom. The molecule has 0 aliphatic carbocycles. The fraction of sp³-hybridized carbons (Fsp3) is 0.273. The minimum Gasteiger partial charge on any atom is -0.305 e. The lowest BCUT2D eigenvalue weighted by atomic mass is 9.98. The maximum atomic E-state index is 7.53. The molecule has 0 amide bonds. The molecule has 2 nitrogen and oxygen atoms in total. The zero-order valence-electron chi connectivity index (χ0n) is 8.28. The van der Waals surface area contributed by atoms with E-state index in [1.165, 1.54) is 0 Å². The van der Waals surface area contributed by atoms with Gasteiger partial charge in [-0.05, 0) is 31.4 Å². The Labute approximate surface area is 79.7 Å². The van der Waals surface area contributed by atoms with Crippen LogP contribution < -0.4 is 0 Å². The van der Waals surface area contributed by atoms with Crippen LogP contribution in [0.25, 0.3) is 0 Å². The summed E-state index contributed by atoms with van der Waals surface area (Å²) in [6.07, 6.45) is 3.98. The molecule has 0 saturated heterocycles. The van der Waals surface area contributed by atoms with E-state index in [2.05, 4.69) is 13.2 Å². The zero-order chi connectivity index (χ0) is 10.4. The van der Waals surface area contributed by atoms with Gasteiger partial charge in [-0.1, -0.05) is 18.7 Å². The van der Waals surface area contributed by atoms with Crippen molar-refractivity contribution in [3.8, 4) is 0 Å². The predicted octanol–water partition coefficient (Wildman–Crippen LogP) is 3.12. The van der Waals surface area contributed by atoms with Gasteiger partial charge in [0.1, 0.15) is 0 Å². The molecule has 0 saturated carbocycles. The monoisotopic (exact) mass is 176 g/mol. The second kappa shape index (κ2) is 5.25. The first kappa shape index (κ1) is 11.6. The summed E-state index contributed by atoms with van der Waals surface area (Å²) in [6.45, 7) is 10.7. The molecule has 2 heteroatoms. The third-order valence-electron chi connectivity index (χ3n) is 1.73. The standard InChI is InChI=1S/C11H16N2/c1-5-7-11(9(4)13)10(6-2)8(3)12/h5-6,12-13H,1-2,7H2,3-4H3/b11-10-,12-8?,13-9?. The van der Waals surface area contributed by atoms with Gasteiger partial charge in [0.15, 0.2) is 0 Å². The molecule has 0 unspecified atom stereocenters. The Morgan fingerprint density at radius 2 is 1.69 bits per heavy atom. The van der Waals surface area contributed by atoms with Crippen molar-refractivity contribution in [2.45, 2.75) is 20.3 Å². The van der Waals surface area contributed by atoms with E-state index < -0.39 is 0 Å². The van der Waals surface area contributed by atoms with Gasteiger partial charge in [0.2, 0.25) is 0 Å². The molecule has 0 atom stereocenters. The number of nitrogens with one attached hydrogen (secondary N) is 2. The van der Waals surface area contributed by atoms with E-state index in [4.69, 9.17) is 10.8 Å². The average molecular weight is 176 g/mol. The second-order valence-corrected chi connectivity index (χ2v) is 2.84. The van der Waals surface area contributed by atoms with Crippen LogP contribution in [0.4, 0.5) is 0 Å². The van der Waals surface area contributed by atoms with Gasteiger partial charge < -0.3 is 10.8 Å². The molecule has 0 spiro atoms. The third kappa shape index (κ3) is 3.20. The second-order valence-electron chi connectivity index (χ2n) is 2.84. The zero-order valence-corrected chi connectivity index (χ0v) is 8.28. The minimum absolute atomic E-state index is 0.443. The van der Waals surface area contributed by atoms with Crippen molar-refractivity contribution < 1.29 is 0 Å². The van der Waals surface area contributed by atoms with Gasteiger partial charge in [0.25, 0.3) is 0 Å². The lowest BCUT2D eigenvalue weighted by Crippen LogP contribution is -2.04. The summed E-state index contributed by atoms with van der Waals surface area (Å²) in [7, 11) is 0. The van der Waals surface area contributed by atoms with Crippen LogP contribution in [0.5, 0.6) is 0 Å². The van der Waals surface area contributed by atoms with Crippen molar-refractivity contribution in [1.82, 2.24) is 0 Å².